The number of nitrogens with zero attached hydrogens (tertiary/aromatic N) is 4. The number of hydrogen-bond acceptors (Lipinski definition) is 5. The van der Waals surface area contributed by atoms with E-state index in [4.69, 9.17) is 23.8 Å². The van der Waals surface area contributed by atoms with E-state index in [9.17, 15) is 0 Å². The van der Waals surface area contributed by atoms with Crippen molar-refractivity contribution in [1.82, 2.24) is 19.6 Å². The zero-order chi connectivity index (χ0) is 32.0. The second-order valence-electron chi connectivity index (χ2n) is 11.3. The summed E-state index contributed by atoms with van der Waals surface area (Å²) in [7, 11) is 1.66. The minimum Gasteiger partial charge on any atom is -0.459 e. The van der Waals surface area contributed by atoms with Crippen LogP contribution in [0, 0.1) is 0 Å². The zero-order valence-corrected chi connectivity index (χ0v) is 26.5. The summed E-state index contributed by atoms with van der Waals surface area (Å²) in [5.74, 6) is 3.39. The van der Waals surface area contributed by atoms with E-state index in [1.54, 1.807) is 7.11 Å². The van der Waals surface area contributed by atoms with Crippen LogP contribution in [0.15, 0.2) is 142 Å². The predicted molar refractivity (Wildman–Crippen MR) is 186 cm³/mol. The number of methoxy groups -OCH3 is 1. The Morgan fingerprint density at radius 3 is 1.45 bits per heavy atom. The Hall–Kier alpha value is -5.66. The second-order valence-corrected chi connectivity index (χ2v) is 11.3. The van der Waals surface area contributed by atoms with Crippen LogP contribution in [0.25, 0.3) is 44.7 Å². The van der Waals surface area contributed by atoms with Gasteiger partial charge in [0.25, 0.3) is 0 Å². The molecule has 8 aromatic rings. The SMILES string of the molecule is CCc1ccc(-c2nn(Cc3ccccc3)c3ccccc23)o1.COCc1ccc(-c2nn(Cc3ccccc3)c3ccccc23)o1. The number of furan rings is 2. The van der Waals surface area contributed by atoms with Gasteiger partial charge in [-0.05, 0) is 47.5 Å². The third kappa shape index (κ3) is 6.52. The van der Waals surface area contributed by atoms with Crippen molar-refractivity contribution in [2.45, 2.75) is 33.0 Å². The van der Waals surface area contributed by atoms with E-state index >= 15 is 0 Å². The Kier molecular flexibility index (Phi) is 8.79. The van der Waals surface area contributed by atoms with Gasteiger partial charge in [-0.25, -0.2) is 0 Å². The van der Waals surface area contributed by atoms with Gasteiger partial charge in [0.05, 0.1) is 24.1 Å². The fraction of sp³-hybridized carbons (Fsp3) is 0.150. The van der Waals surface area contributed by atoms with Crippen LogP contribution in [-0.4, -0.2) is 26.7 Å². The van der Waals surface area contributed by atoms with Gasteiger partial charge in [0.1, 0.15) is 29.5 Å². The molecule has 0 amide bonds. The van der Waals surface area contributed by atoms with E-state index < -0.39 is 0 Å². The summed E-state index contributed by atoms with van der Waals surface area (Å²) in [5, 5.41) is 11.9. The van der Waals surface area contributed by atoms with Crippen LogP contribution in [-0.2, 0) is 30.9 Å². The summed E-state index contributed by atoms with van der Waals surface area (Å²) in [6.45, 7) is 4.03. The summed E-state index contributed by atoms with van der Waals surface area (Å²) >= 11 is 0. The highest BCUT2D eigenvalue weighted by atomic mass is 16.5. The molecule has 4 heterocycles. The number of aromatic nitrogens is 4. The molecule has 0 atom stereocenters. The molecule has 234 valence electrons. The lowest BCUT2D eigenvalue weighted by atomic mass is 10.2. The van der Waals surface area contributed by atoms with Crippen LogP contribution < -0.4 is 0 Å². The van der Waals surface area contributed by atoms with E-state index in [2.05, 4.69) is 73.7 Å². The molecule has 8 rings (SSSR count). The fourth-order valence-corrected chi connectivity index (χ4v) is 5.79. The molecule has 0 N–H and O–H groups in total. The highest BCUT2D eigenvalue weighted by Crippen LogP contribution is 2.31. The normalized spacial score (nSPS) is 11.2. The Bertz CT molecular complexity index is 2210. The van der Waals surface area contributed by atoms with E-state index in [1.165, 1.54) is 11.1 Å². The molecular formula is C40H36N4O3. The number of para-hydroxylation sites is 2. The van der Waals surface area contributed by atoms with Crippen LogP contribution in [0.2, 0.25) is 0 Å². The first-order valence-electron chi connectivity index (χ1n) is 15.9. The molecule has 47 heavy (non-hydrogen) atoms. The summed E-state index contributed by atoms with van der Waals surface area (Å²) in [5.41, 5.74) is 6.46. The predicted octanol–water partition coefficient (Wildman–Crippen LogP) is 9.40. The summed E-state index contributed by atoms with van der Waals surface area (Å²) in [6, 6.07) is 45.2. The average molecular weight is 621 g/mol. The van der Waals surface area contributed by atoms with Crippen molar-refractivity contribution in [2.24, 2.45) is 0 Å². The Morgan fingerprint density at radius 2 is 0.979 bits per heavy atom. The zero-order valence-electron chi connectivity index (χ0n) is 26.5. The molecule has 0 radical (unpaired) electrons. The third-order valence-corrected chi connectivity index (χ3v) is 8.09. The maximum absolute atomic E-state index is 5.91. The molecule has 0 saturated carbocycles. The maximum atomic E-state index is 5.91. The average Bonchev–Trinajstić information content (AvgIpc) is 3.93. The number of hydrogen-bond donors (Lipinski definition) is 0. The largest absolute Gasteiger partial charge is 0.459 e. The summed E-state index contributed by atoms with van der Waals surface area (Å²) < 4.78 is 21.0. The lowest BCUT2D eigenvalue weighted by Gasteiger charge is -2.03. The van der Waals surface area contributed by atoms with Crippen molar-refractivity contribution in [3.63, 3.8) is 0 Å². The topological polar surface area (TPSA) is 71.2 Å². The molecule has 7 nitrogen and oxygen atoms in total. The minimum absolute atomic E-state index is 0.461. The van der Waals surface area contributed by atoms with Crippen LogP contribution >= 0.6 is 0 Å². The van der Waals surface area contributed by atoms with Crippen molar-refractivity contribution >= 4 is 21.8 Å². The number of fused-ring (bicyclic) bond motifs is 2. The van der Waals surface area contributed by atoms with Gasteiger partial charge < -0.3 is 13.6 Å². The quantitative estimate of drug-likeness (QED) is 0.161. The molecule has 4 aromatic heterocycles. The molecule has 0 aliphatic heterocycles. The molecule has 0 aliphatic rings. The van der Waals surface area contributed by atoms with Crippen molar-refractivity contribution in [3.8, 4) is 22.9 Å². The van der Waals surface area contributed by atoms with Gasteiger partial charge in [0, 0.05) is 24.3 Å². The molecule has 0 aliphatic carbocycles. The standard InChI is InChI=1S/C20H18N2O2.C20H18N2O/c1-23-14-16-11-12-19(24-16)20-17-9-5-6-10-18(17)22(21-20)13-15-7-3-2-4-8-15;1-2-16-12-13-19(23-16)20-17-10-6-7-11-18(17)22(21-20)14-15-8-4-3-5-9-15/h2-12H,13-14H2,1H3;3-13H,2,14H2,1H3. The molecule has 4 aromatic carbocycles. The fourth-order valence-electron chi connectivity index (χ4n) is 5.79. The number of ether oxygens (including phenoxy) is 1. The number of benzene rings is 4. The first kappa shape index (κ1) is 30.0. The Labute approximate surface area is 273 Å². The van der Waals surface area contributed by atoms with E-state index in [-0.39, 0.29) is 0 Å². The maximum Gasteiger partial charge on any atom is 0.155 e. The van der Waals surface area contributed by atoms with Crippen molar-refractivity contribution in [2.75, 3.05) is 7.11 Å². The van der Waals surface area contributed by atoms with Crippen LogP contribution in [0.5, 0.6) is 0 Å². The number of aryl methyl sites for hydroxylation is 1. The highest BCUT2D eigenvalue weighted by Gasteiger charge is 2.16. The Morgan fingerprint density at radius 1 is 0.532 bits per heavy atom. The van der Waals surface area contributed by atoms with Crippen molar-refractivity contribution in [3.05, 3.63) is 156 Å². The van der Waals surface area contributed by atoms with Crippen LogP contribution in [0.3, 0.4) is 0 Å². The smallest absolute Gasteiger partial charge is 0.155 e. The third-order valence-electron chi connectivity index (χ3n) is 8.09. The van der Waals surface area contributed by atoms with Gasteiger partial charge in [-0.15, -0.1) is 0 Å². The van der Waals surface area contributed by atoms with Crippen molar-refractivity contribution < 1.29 is 13.6 Å². The molecule has 0 spiro atoms. The lowest BCUT2D eigenvalue weighted by molar-refractivity contribution is 0.165. The van der Waals surface area contributed by atoms with Gasteiger partial charge in [-0.1, -0.05) is 104 Å². The molecule has 0 bridgehead atoms. The Balaban J connectivity index is 0.000000150. The molecular weight excluding hydrogens is 584 g/mol. The monoisotopic (exact) mass is 620 g/mol. The van der Waals surface area contributed by atoms with E-state index in [0.717, 1.165) is 75.7 Å². The first-order valence-corrected chi connectivity index (χ1v) is 15.9. The minimum atomic E-state index is 0.461. The van der Waals surface area contributed by atoms with Crippen molar-refractivity contribution in [1.29, 1.82) is 0 Å². The molecule has 0 unspecified atom stereocenters. The van der Waals surface area contributed by atoms with Gasteiger partial charge >= 0.3 is 0 Å². The first-order chi connectivity index (χ1) is 23.2. The second kappa shape index (κ2) is 13.8. The van der Waals surface area contributed by atoms with Gasteiger partial charge in [0.2, 0.25) is 0 Å². The van der Waals surface area contributed by atoms with E-state index in [0.29, 0.717) is 6.61 Å². The lowest BCUT2D eigenvalue weighted by Crippen LogP contribution is -2.01. The highest BCUT2D eigenvalue weighted by molar-refractivity contribution is 5.93. The summed E-state index contributed by atoms with van der Waals surface area (Å²) in [4.78, 5) is 0. The van der Waals surface area contributed by atoms with Crippen LogP contribution in [0.4, 0.5) is 0 Å². The van der Waals surface area contributed by atoms with E-state index in [1.807, 2.05) is 76.1 Å². The van der Waals surface area contributed by atoms with Gasteiger partial charge in [-0.3, -0.25) is 9.36 Å². The van der Waals surface area contributed by atoms with Gasteiger partial charge in [-0.2, -0.15) is 10.2 Å². The molecule has 7 heteroatoms. The summed E-state index contributed by atoms with van der Waals surface area (Å²) in [6.07, 6.45) is 0.892. The van der Waals surface area contributed by atoms with Crippen LogP contribution in [0.1, 0.15) is 29.6 Å². The molecule has 0 fully saturated rings. The van der Waals surface area contributed by atoms with Gasteiger partial charge in [0.15, 0.2) is 11.5 Å². The number of rotatable bonds is 9. The molecule has 0 saturated heterocycles.